The van der Waals surface area contributed by atoms with E-state index in [1.807, 2.05) is 7.05 Å². The molecule has 1 fully saturated rings. The Morgan fingerprint density at radius 2 is 2.06 bits per heavy atom. The van der Waals surface area contributed by atoms with Gasteiger partial charge < -0.3 is 9.88 Å². The summed E-state index contributed by atoms with van der Waals surface area (Å²) in [5, 5.41) is 3.23. The van der Waals surface area contributed by atoms with Crippen LogP contribution in [0.25, 0.3) is 0 Å². The van der Waals surface area contributed by atoms with E-state index in [0.29, 0.717) is 0 Å². The van der Waals surface area contributed by atoms with E-state index in [0.717, 1.165) is 12.5 Å². The van der Waals surface area contributed by atoms with Crippen LogP contribution in [0.1, 0.15) is 49.8 Å². The van der Waals surface area contributed by atoms with Gasteiger partial charge in [-0.15, -0.1) is 0 Å². The predicted molar refractivity (Wildman–Crippen MR) is 73.1 cm³/mol. The molecule has 2 nitrogen and oxygen atoms in total. The molecule has 0 amide bonds. The highest BCUT2D eigenvalue weighted by Crippen LogP contribution is 2.27. The molecule has 1 aliphatic rings. The van der Waals surface area contributed by atoms with Crippen molar-refractivity contribution in [3.05, 3.63) is 23.5 Å². The zero-order valence-electron chi connectivity index (χ0n) is 11.3. The van der Waals surface area contributed by atoms with Gasteiger partial charge in [-0.05, 0) is 37.9 Å². The van der Waals surface area contributed by atoms with Crippen molar-refractivity contribution in [3.63, 3.8) is 0 Å². The summed E-state index contributed by atoms with van der Waals surface area (Å²) in [7, 11) is 2.01. The van der Waals surface area contributed by atoms with E-state index >= 15 is 0 Å². The summed E-state index contributed by atoms with van der Waals surface area (Å²) in [6.45, 7) is 4.44. The predicted octanol–water partition coefficient (Wildman–Crippen LogP) is 3.49. The Morgan fingerprint density at radius 3 is 2.76 bits per heavy atom. The number of nitrogens with zero attached hydrogens (tertiary/aromatic N) is 1. The van der Waals surface area contributed by atoms with Crippen molar-refractivity contribution in [1.82, 2.24) is 9.88 Å². The monoisotopic (exact) mass is 234 g/mol. The van der Waals surface area contributed by atoms with Crippen LogP contribution in [0.4, 0.5) is 0 Å². The molecule has 96 valence electrons. The van der Waals surface area contributed by atoms with Crippen molar-refractivity contribution >= 4 is 0 Å². The van der Waals surface area contributed by atoms with E-state index in [2.05, 4.69) is 29.1 Å². The number of hydrogen-bond donors (Lipinski definition) is 1. The van der Waals surface area contributed by atoms with Gasteiger partial charge >= 0.3 is 0 Å². The maximum absolute atomic E-state index is 3.23. The van der Waals surface area contributed by atoms with E-state index < -0.39 is 0 Å². The standard InChI is InChI=1S/C15H26N2/c1-13-15(12-16-2)9-11-17(13)10-8-14-6-4-3-5-7-14/h9,11,14,16H,3-8,10,12H2,1-2H3. The average Bonchev–Trinajstić information content (AvgIpc) is 2.70. The highest BCUT2D eigenvalue weighted by molar-refractivity contribution is 5.20. The Morgan fingerprint density at radius 1 is 1.29 bits per heavy atom. The van der Waals surface area contributed by atoms with Gasteiger partial charge in [-0.2, -0.15) is 0 Å². The van der Waals surface area contributed by atoms with Gasteiger partial charge in [-0.25, -0.2) is 0 Å². The van der Waals surface area contributed by atoms with Crippen molar-refractivity contribution in [2.24, 2.45) is 5.92 Å². The maximum atomic E-state index is 3.23. The molecule has 0 saturated heterocycles. The Labute approximate surface area is 105 Å². The lowest BCUT2D eigenvalue weighted by Crippen LogP contribution is -2.11. The van der Waals surface area contributed by atoms with Gasteiger partial charge in [0, 0.05) is 25.0 Å². The van der Waals surface area contributed by atoms with Crippen LogP contribution in [0, 0.1) is 12.8 Å². The van der Waals surface area contributed by atoms with Gasteiger partial charge in [-0.1, -0.05) is 32.1 Å². The zero-order valence-corrected chi connectivity index (χ0v) is 11.3. The number of aromatic nitrogens is 1. The van der Waals surface area contributed by atoms with Crippen LogP contribution < -0.4 is 5.32 Å². The maximum Gasteiger partial charge on any atom is 0.0224 e. The summed E-state index contributed by atoms with van der Waals surface area (Å²) in [5.74, 6) is 0.985. The summed E-state index contributed by atoms with van der Waals surface area (Å²) in [4.78, 5) is 0. The Hall–Kier alpha value is -0.760. The summed E-state index contributed by atoms with van der Waals surface area (Å²) in [6.07, 6.45) is 10.9. The van der Waals surface area contributed by atoms with Gasteiger partial charge in [-0.3, -0.25) is 0 Å². The minimum Gasteiger partial charge on any atom is -0.351 e. The lowest BCUT2D eigenvalue weighted by Gasteiger charge is -2.22. The van der Waals surface area contributed by atoms with Gasteiger partial charge in [0.25, 0.3) is 0 Å². The first-order valence-corrected chi connectivity index (χ1v) is 7.10. The van der Waals surface area contributed by atoms with E-state index in [1.165, 1.54) is 56.3 Å². The molecule has 0 radical (unpaired) electrons. The van der Waals surface area contributed by atoms with E-state index in [1.54, 1.807) is 0 Å². The van der Waals surface area contributed by atoms with Crippen molar-refractivity contribution < 1.29 is 0 Å². The number of aryl methyl sites for hydroxylation is 1. The van der Waals surface area contributed by atoms with Crippen LogP contribution in [0.3, 0.4) is 0 Å². The molecule has 2 rings (SSSR count). The summed E-state index contributed by atoms with van der Waals surface area (Å²) in [5.41, 5.74) is 2.88. The smallest absolute Gasteiger partial charge is 0.0224 e. The quantitative estimate of drug-likeness (QED) is 0.825. The molecule has 17 heavy (non-hydrogen) atoms. The largest absolute Gasteiger partial charge is 0.351 e. The highest BCUT2D eigenvalue weighted by atomic mass is 15.0. The molecular formula is C15H26N2. The lowest BCUT2D eigenvalue weighted by atomic mass is 9.87. The van der Waals surface area contributed by atoms with Crippen LogP contribution >= 0.6 is 0 Å². The van der Waals surface area contributed by atoms with Crippen LogP contribution in [0.15, 0.2) is 12.3 Å². The highest BCUT2D eigenvalue weighted by Gasteiger charge is 2.13. The van der Waals surface area contributed by atoms with Crippen LogP contribution in [-0.4, -0.2) is 11.6 Å². The molecule has 0 atom stereocenters. The fourth-order valence-electron chi connectivity index (χ4n) is 3.01. The molecule has 1 aromatic heterocycles. The van der Waals surface area contributed by atoms with Crippen molar-refractivity contribution in [1.29, 1.82) is 0 Å². The topological polar surface area (TPSA) is 17.0 Å². The molecule has 0 bridgehead atoms. The minimum absolute atomic E-state index is 0.985. The second-order valence-electron chi connectivity index (χ2n) is 5.44. The Bertz CT molecular complexity index is 335. The van der Waals surface area contributed by atoms with E-state index in [9.17, 15) is 0 Å². The molecule has 1 N–H and O–H groups in total. The fraction of sp³-hybridized carbons (Fsp3) is 0.733. The van der Waals surface area contributed by atoms with Gasteiger partial charge in [0.05, 0.1) is 0 Å². The third kappa shape index (κ3) is 3.35. The molecule has 0 aromatic carbocycles. The summed E-state index contributed by atoms with van der Waals surface area (Å²) in [6, 6.07) is 2.26. The van der Waals surface area contributed by atoms with E-state index in [-0.39, 0.29) is 0 Å². The second-order valence-corrected chi connectivity index (χ2v) is 5.44. The first-order valence-electron chi connectivity index (χ1n) is 7.10. The molecule has 0 unspecified atom stereocenters. The first-order chi connectivity index (χ1) is 8.31. The molecule has 0 spiro atoms. The Balaban J connectivity index is 1.85. The number of rotatable bonds is 5. The zero-order chi connectivity index (χ0) is 12.1. The van der Waals surface area contributed by atoms with Gasteiger partial charge in [0.2, 0.25) is 0 Å². The molecule has 1 heterocycles. The van der Waals surface area contributed by atoms with Crippen LogP contribution in [-0.2, 0) is 13.1 Å². The first kappa shape index (κ1) is 12.7. The van der Waals surface area contributed by atoms with Gasteiger partial charge in [0.1, 0.15) is 0 Å². The average molecular weight is 234 g/mol. The van der Waals surface area contributed by atoms with Crippen molar-refractivity contribution in [2.45, 2.75) is 58.5 Å². The molecular weight excluding hydrogens is 208 g/mol. The number of nitrogens with one attached hydrogen (secondary N) is 1. The van der Waals surface area contributed by atoms with Crippen molar-refractivity contribution in [3.8, 4) is 0 Å². The molecule has 1 saturated carbocycles. The summed E-state index contributed by atoms with van der Waals surface area (Å²) >= 11 is 0. The normalized spacial score (nSPS) is 17.5. The molecule has 2 heteroatoms. The SMILES string of the molecule is CNCc1ccn(CCC2CCCCC2)c1C. The van der Waals surface area contributed by atoms with Crippen LogP contribution in [0.5, 0.6) is 0 Å². The van der Waals surface area contributed by atoms with Gasteiger partial charge in [0.15, 0.2) is 0 Å². The lowest BCUT2D eigenvalue weighted by molar-refractivity contribution is 0.323. The third-order valence-electron chi connectivity index (χ3n) is 4.22. The van der Waals surface area contributed by atoms with E-state index in [4.69, 9.17) is 0 Å². The fourth-order valence-corrected chi connectivity index (χ4v) is 3.01. The Kier molecular flexibility index (Phi) is 4.66. The third-order valence-corrected chi connectivity index (χ3v) is 4.22. The molecule has 0 aliphatic heterocycles. The molecule has 1 aliphatic carbocycles. The number of hydrogen-bond acceptors (Lipinski definition) is 1. The molecule has 1 aromatic rings. The van der Waals surface area contributed by atoms with Crippen molar-refractivity contribution in [2.75, 3.05) is 7.05 Å². The van der Waals surface area contributed by atoms with Crippen LogP contribution in [0.2, 0.25) is 0 Å². The summed E-state index contributed by atoms with van der Waals surface area (Å²) < 4.78 is 2.43. The minimum atomic E-state index is 0.985. The second kappa shape index (κ2) is 6.25.